The Morgan fingerprint density at radius 1 is 1.16 bits per heavy atom. The zero-order valence-electron chi connectivity index (χ0n) is 28.7. The van der Waals surface area contributed by atoms with Crippen molar-refractivity contribution in [3.63, 3.8) is 0 Å². The summed E-state index contributed by atoms with van der Waals surface area (Å²) >= 11 is 0. The second-order valence-corrected chi connectivity index (χ2v) is 14.8. The third kappa shape index (κ3) is 7.67. The van der Waals surface area contributed by atoms with Crippen LogP contribution >= 0.6 is 0 Å². The fourth-order valence-electron chi connectivity index (χ4n) is 8.53. The number of ether oxygens (including phenoxy) is 2. The molecule has 2 bridgehead atoms. The van der Waals surface area contributed by atoms with Crippen molar-refractivity contribution in [1.29, 1.82) is 0 Å². The molecule has 49 heavy (non-hydrogen) atoms. The molecule has 2 saturated carbocycles. The Hall–Kier alpha value is -3.45. The van der Waals surface area contributed by atoms with Crippen molar-refractivity contribution in [3.05, 3.63) is 40.7 Å². The first-order valence-corrected chi connectivity index (χ1v) is 17.6. The minimum atomic E-state index is -4.98. The molecular formula is C36H48F3N5O5. The average molecular weight is 688 g/mol. The molecular weight excluding hydrogens is 639 g/mol. The van der Waals surface area contributed by atoms with E-state index in [9.17, 15) is 27.9 Å². The molecule has 3 heterocycles. The van der Waals surface area contributed by atoms with E-state index in [0.29, 0.717) is 62.7 Å². The number of aryl methyl sites for hydroxylation is 1. The molecule has 10 nitrogen and oxygen atoms in total. The van der Waals surface area contributed by atoms with Gasteiger partial charge in [-0.1, -0.05) is 6.92 Å². The van der Waals surface area contributed by atoms with Crippen molar-refractivity contribution in [2.75, 3.05) is 51.9 Å². The van der Waals surface area contributed by atoms with Crippen molar-refractivity contribution in [3.8, 4) is 5.75 Å². The second kappa shape index (κ2) is 14.4. The number of hydrogen-bond acceptors (Lipinski definition) is 8. The summed E-state index contributed by atoms with van der Waals surface area (Å²) in [4.78, 5) is 39.0. The van der Waals surface area contributed by atoms with Crippen LogP contribution in [0.2, 0.25) is 0 Å². The summed E-state index contributed by atoms with van der Waals surface area (Å²) in [5.41, 5.74) is -2.08. The van der Waals surface area contributed by atoms with Gasteiger partial charge in [-0.3, -0.25) is 4.79 Å². The number of hydrogen-bond donors (Lipinski definition) is 2. The molecule has 2 aromatic rings. The molecule has 1 amide bonds. The van der Waals surface area contributed by atoms with Gasteiger partial charge in [-0.2, -0.15) is 13.2 Å². The summed E-state index contributed by atoms with van der Waals surface area (Å²) in [5.74, 6) is -1.11. The topological polar surface area (TPSA) is 117 Å². The lowest BCUT2D eigenvalue weighted by Crippen LogP contribution is -2.57. The molecule has 2 aliphatic carbocycles. The van der Waals surface area contributed by atoms with Crippen molar-refractivity contribution in [2.24, 2.45) is 23.7 Å². The molecule has 1 aromatic carbocycles. The van der Waals surface area contributed by atoms with E-state index in [2.05, 4.69) is 22.2 Å². The Bertz CT molecular complexity index is 1530. The van der Waals surface area contributed by atoms with Gasteiger partial charge in [0, 0.05) is 25.4 Å². The smallest absolute Gasteiger partial charge is 0.434 e. The van der Waals surface area contributed by atoms with E-state index in [1.165, 1.54) is 0 Å². The van der Waals surface area contributed by atoms with Gasteiger partial charge in [0.1, 0.15) is 11.3 Å². The summed E-state index contributed by atoms with van der Waals surface area (Å²) in [6.07, 6.45) is 1.37. The fraction of sp³-hybridized carbons (Fsp3) is 0.667. The van der Waals surface area contributed by atoms with Gasteiger partial charge in [0.05, 0.1) is 17.9 Å². The number of fused-ring (bicyclic) bond motifs is 3. The number of nitrogens with zero attached hydrogens (tertiary/aromatic N) is 4. The monoisotopic (exact) mass is 687 g/mol. The number of nitrogens with one attached hydrogen (secondary N) is 1. The molecule has 4 unspecified atom stereocenters. The molecule has 4 atom stereocenters. The van der Waals surface area contributed by atoms with Crippen LogP contribution < -0.4 is 15.0 Å². The van der Waals surface area contributed by atoms with Crippen molar-refractivity contribution < 1.29 is 37.3 Å². The van der Waals surface area contributed by atoms with Crippen LogP contribution in [-0.4, -0.2) is 84.4 Å². The first kappa shape index (κ1) is 35.4. The first-order valence-electron chi connectivity index (χ1n) is 17.6. The number of aromatic nitrogens is 2. The summed E-state index contributed by atoms with van der Waals surface area (Å²) in [6.45, 7) is 5.12. The van der Waals surface area contributed by atoms with Crippen molar-refractivity contribution >= 4 is 23.5 Å². The number of benzene rings is 1. The number of anilines is 2. The molecule has 268 valence electrons. The SMILES string of the molecule is CC1CC2CC(C1)C(NC(=O)c1c(CCCN(C)C)nc(N3CCc4cc(OCCC5CCOCC5)ccc43)nc1C(F)(F)F)(C(=O)O)C2. The Kier molecular flexibility index (Phi) is 10.4. The van der Waals surface area contributed by atoms with E-state index >= 15 is 0 Å². The summed E-state index contributed by atoms with van der Waals surface area (Å²) in [7, 11) is 3.72. The van der Waals surface area contributed by atoms with Gasteiger partial charge in [-0.15, -0.1) is 0 Å². The standard InChI is InChI=1S/C36H48F3N5O5/c1-22-17-24-19-26(18-22)35(21-24,33(46)47)42-32(45)30-28(5-4-12-43(2)3)40-34(41-31(30)36(37,38)39)44-13-8-25-20-27(6-7-29(25)44)49-16-11-23-9-14-48-15-10-23/h6-7,20,22-24,26H,4-5,8-19,21H2,1-3H3,(H,42,45)(H,46,47). The van der Waals surface area contributed by atoms with Crippen LogP contribution in [0.15, 0.2) is 18.2 Å². The molecule has 13 heteroatoms. The number of carbonyl (C=O) groups is 2. The number of amides is 1. The lowest BCUT2D eigenvalue weighted by molar-refractivity contribution is -0.146. The van der Waals surface area contributed by atoms with Crippen molar-refractivity contribution in [1.82, 2.24) is 20.2 Å². The quantitative estimate of drug-likeness (QED) is 0.282. The van der Waals surface area contributed by atoms with Crippen LogP contribution in [-0.2, 0) is 28.5 Å². The van der Waals surface area contributed by atoms with Crippen LogP contribution in [0.4, 0.5) is 24.8 Å². The molecule has 2 aliphatic heterocycles. The van der Waals surface area contributed by atoms with E-state index in [-0.39, 0.29) is 42.2 Å². The predicted octanol–water partition coefficient (Wildman–Crippen LogP) is 5.89. The van der Waals surface area contributed by atoms with Crippen LogP contribution in [0.25, 0.3) is 0 Å². The summed E-state index contributed by atoms with van der Waals surface area (Å²) in [6, 6.07) is 5.56. The fourth-order valence-corrected chi connectivity index (χ4v) is 8.53. The number of halogens is 3. The zero-order chi connectivity index (χ0) is 34.9. The molecule has 2 N–H and O–H groups in total. The second-order valence-electron chi connectivity index (χ2n) is 14.8. The largest absolute Gasteiger partial charge is 0.494 e. The zero-order valence-corrected chi connectivity index (χ0v) is 28.7. The maximum atomic E-state index is 14.9. The van der Waals surface area contributed by atoms with E-state index in [1.54, 1.807) is 4.90 Å². The van der Waals surface area contributed by atoms with Gasteiger partial charge in [0.25, 0.3) is 5.91 Å². The Balaban J connectivity index is 1.30. The van der Waals surface area contributed by atoms with Gasteiger partial charge in [-0.05, 0) is 132 Å². The Morgan fingerprint density at radius 3 is 2.65 bits per heavy atom. The van der Waals surface area contributed by atoms with E-state index in [0.717, 1.165) is 44.5 Å². The highest BCUT2D eigenvalue weighted by Crippen LogP contribution is 2.51. The Labute approximate surface area is 285 Å². The van der Waals surface area contributed by atoms with E-state index < -0.39 is 34.8 Å². The molecule has 1 aromatic heterocycles. The summed E-state index contributed by atoms with van der Waals surface area (Å²) < 4.78 is 56.2. The normalized spacial score (nSPS) is 25.4. The van der Waals surface area contributed by atoms with Gasteiger partial charge in [-0.25, -0.2) is 14.8 Å². The molecule has 0 radical (unpaired) electrons. The lowest BCUT2D eigenvalue weighted by Gasteiger charge is -2.34. The third-order valence-electron chi connectivity index (χ3n) is 10.9. The number of carbonyl (C=O) groups excluding carboxylic acids is 1. The third-order valence-corrected chi connectivity index (χ3v) is 10.9. The maximum Gasteiger partial charge on any atom is 0.434 e. The maximum absolute atomic E-state index is 14.9. The molecule has 4 aliphatic rings. The average Bonchev–Trinajstić information content (AvgIpc) is 3.58. The van der Waals surface area contributed by atoms with E-state index in [4.69, 9.17) is 9.47 Å². The lowest BCUT2D eigenvalue weighted by atomic mass is 9.78. The van der Waals surface area contributed by atoms with Gasteiger partial charge in [0.2, 0.25) is 5.95 Å². The predicted molar refractivity (Wildman–Crippen MR) is 177 cm³/mol. The molecule has 0 spiro atoms. The van der Waals surface area contributed by atoms with Crippen LogP contribution in [0, 0.1) is 23.7 Å². The number of carboxylic acids is 1. The van der Waals surface area contributed by atoms with Gasteiger partial charge in [0.15, 0.2) is 5.69 Å². The van der Waals surface area contributed by atoms with E-state index in [1.807, 2.05) is 37.2 Å². The highest BCUT2D eigenvalue weighted by molar-refractivity contribution is 6.00. The van der Waals surface area contributed by atoms with Crippen LogP contribution in [0.5, 0.6) is 5.75 Å². The first-order chi connectivity index (χ1) is 23.3. The Morgan fingerprint density at radius 2 is 1.94 bits per heavy atom. The van der Waals surface area contributed by atoms with Crippen LogP contribution in [0.3, 0.4) is 0 Å². The molecule has 3 fully saturated rings. The van der Waals surface area contributed by atoms with Gasteiger partial charge >= 0.3 is 12.1 Å². The number of rotatable bonds is 12. The van der Waals surface area contributed by atoms with Crippen LogP contribution in [0.1, 0.15) is 85.6 Å². The van der Waals surface area contributed by atoms with Crippen molar-refractivity contribution in [2.45, 2.75) is 82.8 Å². The number of alkyl halides is 3. The minimum Gasteiger partial charge on any atom is -0.494 e. The minimum absolute atomic E-state index is 0.0342. The molecule has 6 rings (SSSR count). The number of carboxylic acid groups (broad SMARTS) is 1. The highest BCUT2D eigenvalue weighted by Gasteiger charge is 2.57. The number of aliphatic carboxylic acids is 1. The summed E-state index contributed by atoms with van der Waals surface area (Å²) in [5, 5.41) is 13.0. The molecule has 1 saturated heterocycles. The van der Waals surface area contributed by atoms with Gasteiger partial charge < -0.3 is 29.7 Å². The highest BCUT2D eigenvalue weighted by atomic mass is 19.4.